The van der Waals surface area contributed by atoms with Crippen LogP contribution < -0.4 is 14.8 Å². The van der Waals surface area contributed by atoms with Crippen LogP contribution >= 0.6 is 0 Å². The first-order valence-corrected chi connectivity index (χ1v) is 11.3. The number of hydrogen-bond acceptors (Lipinski definition) is 6. The number of aliphatic hydroxyl groups excluding tert-OH is 1. The molecule has 0 aromatic heterocycles. The summed E-state index contributed by atoms with van der Waals surface area (Å²) < 4.78 is 10.8. The van der Waals surface area contributed by atoms with Gasteiger partial charge in [-0.3, -0.25) is 9.59 Å². The molecule has 0 aliphatic carbocycles. The van der Waals surface area contributed by atoms with Crippen LogP contribution in [0.4, 0.5) is 0 Å². The molecule has 2 aliphatic heterocycles. The molecule has 4 unspecified atom stereocenters. The Hall–Kier alpha value is -2.32. The Morgan fingerprint density at radius 3 is 2.45 bits per heavy atom. The zero-order valence-electron chi connectivity index (χ0n) is 18.4. The Morgan fingerprint density at radius 2 is 1.84 bits per heavy atom. The van der Waals surface area contributed by atoms with Crippen LogP contribution in [-0.4, -0.2) is 66.1 Å². The van der Waals surface area contributed by atoms with E-state index in [4.69, 9.17) is 9.47 Å². The number of aliphatic hydroxyl groups is 1. The van der Waals surface area contributed by atoms with Crippen molar-refractivity contribution in [3.8, 4) is 11.5 Å². The van der Waals surface area contributed by atoms with E-state index in [2.05, 4.69) is 19.2 Å². The van der Waals surface area contributed by atoms with E-state index in [0.29, 0.717) is 31.1 Å². The molecule has 0 saturated carbocycles. The molecule has 1 saturated heterocycles. The molecule has 2 heterocycles. The van der Waals surface area contributed by atoms with Crippen molar-refractivity contribution in [1.82, 2.24) is 10.2 Å². The SMILES string of the molecule is CCCCN(CCCC)C(=O)C(CO)C1NCC(c2ccc3c(c2)OCO3)C1C(=O)O. The van der Waals surface area contributed by atoms with Crippen LogP contribution in [0.5, 0.6) is 11.5 Å². The maximum absolute atomic E-state index is 13.3. The minimum atomic E-state index is -0.974. The number of unbranched alkanes of at least 4 members (excludes halogenated alkanes) is 2. The number of amides is 1. The summed E-state index contributed by atoms with van der Waals surface area (Å²) in [6.45, 7) is 5.57. The van der Waals surface area contributed by atoms with Crippen molar-refractivity contribution in [1.29, 1.82) is 0 Å². The number of ether oxygens (including phenoxy) is 2. The first-order chi connectivity index (χ1) is 15.0. The zero-order chi connectivity index (χ0) is 22.4. The number of carboxylic acid groups (broad SMARTS) is 1. The van der Waals surface area contributed by atoms with E-state index < -0.39 is 23.8 Å². The number of benzene rings is 1. The molecule has 0 spiro atoms. The predicted octanol–water partition coefficient (Wildman–Crippen LogP) is 2.21. The largest absolute Gasteiger partial charge is 0.481 e. The van der Waals surface area contributed by atoms with Crippen LogP contribution in [0, 0.1) is 11.8 Å². The number of rotatable bonds is 11. The van der Waals surface area contributed by atoms with E-state index in [-0.39, 0.29) is 25.2 Å². The molecule has 2 aliphatic rings. The molecule has 1 aromatic rings. The molecule has 4 atom stereocenters. The molecule has 1 fully saturated rings. The van der Waals surface area contributed by atoms with Gasteiger partial charge in [0.1, 0.15) is 0 Å². The van der Waals surface area contributed by atoms with Gasteiger partial charge in [0.25, 0.3) is 0 Å². The van der Waals surface area contributed by atoms with Crippen molar-refractivity contribution >= 4 is 11.9 Å². The molecular formula is C23H34N2O6. The number of carboxylic acids is 1. The number of carbonyl (C=O) groups is 2. The third-order valence-electron chi connectivity index (χ3n) is 6.33. The lowest BCUT2D eigenvalue weighted by Crippen LogP contribution is -2.50. The lowest BCUT2D eigenvalue weighted by atomic mass is 9.80. The van der Waals surface area contributed by atoms with Gasteiger partial charge in [-0.05, 0) is 30.5 Å². The molecule has 8 heteroatoms. The van der Waals surface area contributed by atoms with E-state index in [1.165, 1.54) is 0 Å². The van der Waals surface area contributed by atoms with Gasteiger partial charge in [-0.15, -0.1) is 0 Å². The second-order valence-corrected chi connectivity index (χ2v) is 8.34. The minimum absolute atomic E-state index is 0.152. The van der Waals surface area contributed by atoms with Crippen LogP contribution in [0.15, 0.2) is 18.2 Å². The van der Waals surface area contributed by atoms with E-state index in [1.54, 1.807) is 11.0 Å². The van der Waals surface area contributed by atoms with E-state index in [0.717, 1.165) is 31.2 Å². The summed E-state index contributed by atoms with van der Waals surface area (Å²) in [7, 11) is 0. The fourth-order valence-corrected chi connectivity index (χ4v) is 4.56. The van der Waals surface area contributed by atoms with Gasteiger partial charge >= 0.3 is 5.97 Å². The molecule has 8 nitrogen and oxygen atoms in total. The molecule has 3 N–H and O–H groups in total. The summed E-state index contributed by atoms with van der Waals surface area (Å²) >= 11 is 0. The first kappa shape index (κ1) is 23.3. The highest BCUT2D eigenvalue weighted by Crippen LogP contribution is 2.40. The molecule has 0 radical (unpaired) electrons. The Kier molecular flexibility index (Phi) is 8.15. The maximum atomic E-state index is 13.3. The first-order valence-electron chi connectivity index (χ1n) is 11.3. The fraction of sp³-hybridized carbons (Fsp3) is 0.652. The van der Waals surface area contributed by atoms with E-state index in [1.807, 2.05) is 12.1 Å². The summed E-state index contributed by atoms with van der Waals surface area (Å²) in [4.78, 5) is 27.4. The van der Waals surface area contributed by atoms with Crippen LogP contribution in [0.1, 0.15) is 51.0 Å². The van der Waals surface area contributed by atoms with Gasteiger partial charge < -0.3 is 29.9 Å². The monoisotopic (exact) mass is 434 g/mol. The number of nitrogens with zero attached hydrogens (tertiary/aromatic N) is 1. The lowest BCUT2D eigenvalue weighted by Gasteiger charge is -2.31. The van der Waals surface area contributed by atoms with Crippen molar-refractivity contribution in [2.45, 2.75) is 51.5 Å². The number of nitrogens with one attached hydrogen (secondary N) is 1. The topological polar surface area (TPSA) is 108 Å². The van der Waals surface area contributed by atoms with Crippen molar-refractivity contribution < 1.29 is 29.3 Å². The molecule has 172 valence electrons. The third kappa shape index (κ3) is 5.13. The van der Waals surface area contributed by atoms with Crippen molar-refractivity contribution in [3.63, 3.8) is 0 Å². The Morgan fingerprint density at radius 1 is 1.16 bits per heavy atom. The molecule has 0 bridgehead atoms. The highest BCUT2D eigenvalue weighted by Gasteiger charge is 2.48. The van der Waals surface area contributed by atoms with Gasteiger partial charge in [0, 0.05) is 31.6 Å². The highest BCUT2D eigenvalue weighted by atomic mass is 16.7. The third-order valence-corrected chi connectivity index (χ3v) is 6.33. The average Bonchev–Trinajstić information content (AvgIpc) is 3.41. The maximum Gasteiger partial charge on any atom is 0.308 e. The Labute approximate surface area is 183 Å². The fourth-order valence-electron chi connectivity index (χ4n) is 4.56. The number of aliphatic carboxylic acids is 1. The number of hydrogen-bond donors (Lipinski definition) is 3. The quantitative estimate of drug-likeness (QED) is 0.490. The summed E-state index contributed by atoms with van der Waals surface area (Å²) in [5.41, 5.74) is 0.824. The Balaban J connectivity index is 1.81. The van der Waals surface area contributed by atoms with Crippen molar-refractivity contribution in [3.05, 3.63) is 23.8 Å². The standard InChI is InChI=1S/C23H34N2O6/c1-3-5-9-25(10-6-4-2)22(27)17(13-26)21-20(23(28)29)16(12-24-21)15-7-8-18-19(11-15)31-14-30-18/h7-8,11,16-17,20-21,24,26H,3-6,9-10,12-14H2,1-2H3,(H,28,29). The van der Waals surface area contributed by atoms with E-state index in [9.17, 15) is 19.8 Å². The van der Waals surface area contributed by atoms with Crippen LogP contribution in [0.25, 0.3) is 0 Å². The molecular weight excluding hydrogens is 400 g/mol. The van der Waals surface area contributed by atoms with Gasteiger partial charge in [-0.1, -0.05) is 32.8 Å². The minimum Gasteiger partial charge on any atom is -0.481 e. The average molecular weight is 435 g/mol. The molecule has 1 amide bonds. The lowest BCUT2D eigenvalue weighted by molar-refractivity contribution is -0.145. The molecule has 31 heavy (non-hydrogen) atoms. The van der Waals surface area contributed by atoms with Crippen molar-refractivity contribution in [2.75, 3.05) is 33.0 Å². The molecule has 3 rings (SSSR count). The smallest absolute Gasteiger partial charge is 0.308 e. The van der Waals surface area contributed by atoms with Gasteiger partial charge in [-0.25, -0.2) is 0 Å². The van der Waals surface area contributed by atoms with Crippen molar-refractivity contribution in [2.24, 2.45) is 11.8 Å². The van der Waals surface area contributed by atoms with Gasteiger partial charge in [0.15, 0.2) is 11.5 Å². The van der Waals surface area contributed by atoms with Crippen LogP contribution in [0.3, 0.4) is 0 Å². The highest BCUT2D eigenvalue weighted by molar-refractivity contribution is 5.82. The predicted molar refractivity (Wildman–Crippen MR) is 115 cm³/mol. The second-order valence-electron chi connectivity index (χ2n) is 8.34. The van der Waals surface area contributed by atoms with Gasteiger partial charge in [0.2, 0.25) is 12.7 Å². The summed E-state index contributed by atoms with van der Waals surface area (Å²) in [6, 6.07) is 4.81. The Bertz CT molecular complexity index is 762. The van der Waals surface area contributed by atoms with Gasteiger partial charge in [-0.2, -0.15) is 0 Å². The summed E-state index contributed by atoms with van der Waals surface area (Å²) in [5.74, 6) is -1.86. The number of carbonyl (C=O) groups excluding carboxylic acids is 1. The number of fused-ring (bicyclic) bond motifs is 1. The van der Waals surface area contributed by atoms with E-state index >= 15 is 0 Å². The summed E-state index contributed by atoms with van der Waals surface area (Å²) in [5, 5.41) is 23.4. The summed E-state index contributed by atoms with van der Waals surface area (Å²) in [6.07, 6.45) is 3.69. The molecule has 1 aromatic carbocycles. The zero-order valence-corrected chi connectivity index (χ0v) is 18.4. The van der Waals surface area contributed by atoms with Crippen LogP contribution in [0.2, 0.25) is 0 Å². The second kappa shape index (κ2) is 10.8. The normalized spacial score (nSPS) is 23.0. The van der Waals surface area contributed by atoms with Gasteiger partial charge in [0.05, 0.1) is 18.4 Å². The van der Waals surface area contributed by atoms with Crippen LogP contribution in [-0.2, 0) is 9.59 Å².